The molecular formula is C9H17N5O2. The zero-order valence-electron chi connectivity index (χ0n) is 9.73. The third kappa shape index (κ3) is 3.50. The second kappa shape index (κ2) is 6.06. The summed E-state index contributed by atoms with van der Waals surface area (Å²) < 4.78 is 10.6. The molecule has 0 aliphatic heterocycles. The number of nitrogen functional groups attached to an aromatic ring is 1. The predicted octanol–water partition coefficient (Wildman–Crippen LogP) is 0.733. The topological polar surface area (TPSA) is 95.2 Å². The third-order valence-electron chi connectivity index (χ3n) is 1.88. The van der Waals surface area contributed by atoms with Crippen molar-refractivity contribution in [2.45, 2.75) is 33.3 Å². The van der Waals surface area contributed by atoms with Gasteiger partial charge in [0.2, 0.25) is 5.95 Å². The Labute approximate surface area is 94.4 Å². The van der Waals surface area contributed by atoms with Gasteiger partial charge >= 0.3 is 12.0 Å². The fourth-order valence-corrected chi connectivity index (χ4v) is 0.912. The summed E-state index contributed by atoms with van der Waals surface area (Å²) in [6.45, 7) is 6.25. The minimum atomic E-state index is 0.0301. The van der Waals surface area contributed by atoms with Crippen LogP contribution >= 0.6 is 0 Å². The highest BCUT2D eigenvalue weighted by Gasteiger charge is 2.09. The lowest BCUT2D eigenvalue weighted by Gasteiger charge is -2.11. The Balaban J connectivity index is 2.85. The van der Waals surface area contributed by atoms with E-state index >= 15 is 0 Å². The molecule has 0 saturated heterocycles. The lowest BCUT2D eigenvalue weighted by molar-refractivity contribution is 0.194. The summed E-state index contributed by atoms with van der Waals surface area (Å²) in [6.07, 6.45) is 0.892. The summed E-state index contributed by atoms with van der Waals surface area (Å²) in [7, 11) is 0. The van der Waals surface area contributed by atoms with E-state index in [2.05, 4.69) is 20.4 Å². The van der Waals surface area contributed by atoms with Crippen LogP contribution in [0.25, 0.3) is 0 Å². The number of hydrogen-bond donors (Lipinski definition) is 2. The summed E-state index contributed by atoms with van der Waals surface area (Å²) in [5, 5.41) is 0. The highest BCUT2D eigenvalue weighted by molar-refractivity contribution is 5.25. The van der Waals surface area contributed by atoms with Gasteiger partial charge in [-0.05, 0) is 20.3 Å². The number of nitrogens with one attached hydrogen (secondary N) is 1. The Kier molecular flexibility index (Phi) is 4.71. The minimum Gasteiger partial charge on any atom is -0.464 e. The first-order valence-corrected chi connectivity index (χ1v) is 5.21. The van der Waals surface area contributed by atoms with Crippen LogP contribution in [0.15, 0.2) is 0 Å². The van der Waals surface area contributed by atoms with E-state index < -0.39 is 0 Å². The molecule has 0 bridgehead atoms. The Morgan fingerprint density at radius 2 is 1.94 bits per heavy atom. The van der Waals surface area contributed by atoms with E-state index in [-0.39, 0.29) is 24.1 Å². The summed E-state index contributed by atoms with van der Waals surface area (Å²) in [6, 6.07) is 0.407. The average molecular weight is 227 g/mol. The van der Waals surface area contributed by atoms with Crippen molar-refractivity contribution in [1.29, 1.82) is 0 Å². The van der Waals surface area contributed by atoms with E-state index in [9.17, 15) is 0 Å². The van der Waals surface area contributed by atoms with Gasteiger partial charge < -0.3 is 9.47 Å². The number of nitrogens with zero attached hydrogens (tertiary/aromatic N) is 3. The van der Waals surface area contributed by atoms with Gasteiger partial charge in [0.25, 0.3) is 0 Å². The highest BCUT2D eigenvalue weighted by Crippen LogP contribution is 2.14. The normalized spacial score (nSPS) is 12.0. The Bertz CT molecular complexity index is 334. The molecule has 1 rings (SSSR count). The molecule has 1 heterocycles. The van der Waals surface area contributed by atoms with Crippen LogP contribution in [0.3, 0.4) is 0 Å². The molecule has 0 saturated carbocycles. The van der Waals surface area contributed by atoms with Crippen LogP contribution in [0.1, 0.15) is 27.2 Å². The second-order valence-electron chi connectivity index (χ2n) is 3.14. The van der Waals surface area contributed by atoms with Crippen LogP contribution in [-0.4, -0.2) is 27.7 Å². The second-order valence-corrected chi connectivity index (χ2v) is 3.14. The van der Waals surface area contributed by atoms with Gasteiger partial charge in [0.15, 0.2) is 0 Å². The molecule has 0 amide bonds. The van der Waals surface area contributed by atoms with Crippen LogP contribution in [-0.2, 0) is 0 Å². The quantitative estimate of drug-likeness (QED) is 0.546. The largest absolute Gasteiger partial charge is 0.464 e. The Hall–Kier alpha value is -1.63. The van der Waals surface area contributed by atoms with Crippen LogP contribution in [0.2, 0.25) is 0 Å². The maximum Gasteiger partial charge on any atom is 0.324 e. The molecule has 0 radical (unpaired) electrons. The summed E-state index contributed by atoms with van der Waals surface area (Å²) in [5.74, 6) is 5.45. The maximum atomic E-state index is 5.46. The van der Waals surface area contributed by atoms with E-state index in [1.165, 1.54) is 0 Å². The molecule has 0 aromatic carbocycles. The van der Waals surface area contributed by atoms with Crippen LogP contribution in [0.4, 0.5) is 5.95 Å². The van der Waals surface area contributed by atoms with Gasteiger partial charge in [-0.2, -0.15) is 9.97 Å². The molecule has 1 aromatic rings. The van der Waals surface area contributed by atoms with E-state index in [1.54, 1.807) is 0 Å². The molecule has 0 spiro atoms. The summed E-state index contributed by atoms with van der Waals surface area (Å²) >= 11 is 0. The number of rotatable bonds is 6. The van der Waals surface area contributed by atoms with E-state index in [1.807, 2.05) is 20.8 Å². The van der Waals surface area contributed by atoms with E-state index in [4.69, 9.17) is 15.3 Å². The van der Waals surface area contributed by atoms with Crippen molar-refractivity contribution in [3.63, 3.8) is 0 Å². The Morgan fingerprint density at radius 3 is 2.50 bits per heavy atom. The van der Waals surface area contributed by atoms with Crippen LogP contribution in [0.5, 0.6) is 12.0 Å². The van der Waals surface area contributed by atoms with Crippen LogP contribution < -0.4 is 20.7 Å². The molecular weight excluding hydrogens is 210 g/mol. The first-order chi connectivity index (χ1) is 7.69. The van der Waals surface area contributed by atoms with Crippen molar-refractivity contribution in [1.82, 2.24) is 15.0 Å². The van der Waals surface area contributed by atoms with Crippen molar-refractivity contribution in [3.8, 4) is 12.0 Å². The van der Waals surface area contributed by atoms with Crippen molar-refractivity contribution < 1.29 is 9.47 Å². The molecule has 0 aliphatic carbocycles. The number of nitrogens with two attached hydrogens (primary N) is 1. The SMILES string of the molecule is CCOc1nc(NN)nc(OC(C)CC)n1. The van der Waals surface area contributed by atoms with Gasteiger partial charge in [0.05, 0.1) is 12.7 Å². The predicted molar refractivity (Wildman–Crippen MR) is 59.2 cm³/mol. The minimum absolute atomic E-state index is 0.0301. The number of ether oxygens (including phenoxy) is 2. The van der Waals surface area contributed by atoms with E-state index in [0.29, 0.717) is 6.61 Å². The van der Waals surface area contributed by atoms with E-state index in [0.717, 1.165) is 6.42 Å². The molecule has 90 valence electrons. The Morgan fingerprint density at radius 1 is 1.25 bits per heavy atom. The first kappa shape index (κ1) is 12.4. The lowest BCUT2D eigenvalue weighted by atomic mass is 10.3. The molecule has 1 atom stereocenters. The van der Waals surface area contributed by atoms with Crippen molar-refractivity contribution in [3.05, 3.63) is 0 Å². The smallest absolute Gasteiger partial charge is 0.324 e. The molecule has 1 aromatic heterocycles. The summed E-state index contributed by atoms with van der Waals surface area (Å²) in [5.41, 5.74) is 2.34. The molecule has 0 fully saturated rings. The first-order valence-electron chi connectivity index (χ1n) is 5.21. The molecule has 7 heteroatoms. The summed E-state index contributed by atoms with van der Waals surface area (Å²) in [4.78, 5) is 11.9. The van der Waals surface area contributed by atoms with Gasteiger partial charge in [-0.3, -0.25) is 5.43 Å². The zero-order chi connectivity index (χ0) is 12.0. The number of anilines is 1. The monoisotopic (exact) mass is 227 g/mol. The lowest BCUT2D eigenvalue weighted by Crippen LogP contribution is -2.16. The third-order valence-corrected chi connectivity index (χ3v) is 1.88. The average Bonchev–Trinajstić information content (AvgIpc) is 2.29. The van der Waals surface area contributed by atoms with Crippen molar-refractivity contribution in [2.75, 3.05) is 12.0 Å². The standard InChI is InChI=1S/C9H17N5O2/c1-4-6(3)16-9-12-7(14-10)11-8(13-9)15-5-2/h6H,4-5,10H2,1-3H3,(H,11,12,13,14). The van der Waals surface area contributed by atoms with Gasteiger partial charge in [-0.1, -0.05) is 6.92 Å². The zero-order valence-corrected chi connectivity index (χ0v) is 9.73. The molecule has 16 heavy (non-hydrogen) atoms. The number of aromatic nitrogens is 3. The fraction of sp³-hybridized carbons (Fsp3) is 0.667. The fourth-order valence-electron chi connectivity index (χ4n) is 0.912. The highest BCUT2D eigenvalue weighted by atomic mass is 16.5. The van der Waals surface area contributed by atoms with Gasteiger partial charge in [-0.15, -0.1) is 4.98 Å². The molecule has 0 aliphatic rings. The molecule has 1 unspecified atom stereocenters. The number of hydrogen-bond acceptors (Lipinski definition) is 7. The van der Waals surface area contributed by atoms with Gasteiger partial charge in [0, 0.05) is 0 Å². The number of hydrazine groups is 1. The maximum absolute atomic E-state index is 5.46. The van der Waals surface area contributed by atoms with Crippen molar-refractivity contribution >= 4 is 5.95 Å². The molecule has 3 N–H and O–H groups in total. The van der Waals surface area contributed by atoms with Crippen molar-refractivity contribution in [2.24, 2.45) is 5.84 Å². The van der Waals surface area contributed by atoms with Gasteiger partial charge in [-0.25, -0.2) is 5.84 Å². The van der Waals surface area contributed by atoms with Gasteiger partial charge in [0.1, 0.15) is 0 Å². The molecule has 7 nitrogen and oxygen atoms in total. The van der Waals surface area contributed by atoms with Crippen LogP contribution in [0, 0.1) is 0 Å².